The van der Waals surface area contributed by atoms with Gasteiger partial charge in [0.05, 0.1) is 10.7 Å². The number of carbonyl (C=O) groups is 1. The van der Waals surface area contributed by atoms with E-state index in [4.69, 9.17) is 28.0 Å². The van der Waals surface area contributed by atoms with Crippen molar-refractivity contribution in [3.05, 3.63) is 38.8 Å². The van der Waals surface area contributed by atoms with Gasteiger partial charge in [0.1, 0.15) is 0 Å². The molecule has 0 bridgehead atoms. The van der Waals surface area contributed by atoms with E-state index in [1.165, 1.54) is 6.07 Å². The number of aromatic nitrogens is 2. The minimum Gasteiger partial charge on any atom is -0.382 e. The fraction of sp³-hybridized carbons (Fsp3) is 0.231. The van der Waals surface area contributed by atoms with E-state index in [9.17, 15) is 18.0 Å². The third-order valence-corrected chi connectivity index (χ3v) is 4.53. The Morgan fingerprint density at radius 2 is 2.08 bits per heavy atom. The number of nitrogens with zero attached hydrogens (tertiary/aromatic N) is 3. The van der Waals surface area contributed by atoms with Crippen LogP contribution >= 0.6 is 34.5 Å². The first-order valence-corrected chi connectivity index (χ1v) is 8.21. The summed E-state index contributed by atoms with van der Waals surface area (Å²) in [6.45, 7) is 0. The normalized spacial score (nSPS) is 17.2. The molecule has 2 heterocycles. The SMILES string of the molecule is O=C(Nc1nnc(C(F)(F)F)s1)C1CC(c2ccc(Cl)cc2Cl)=NO1. The fourth-order valence-corrected chi connectivity index (χ4v) is 3.11. The molecule has 0 fully saturated rings. The van der Waals surface area contributed by atoms with Gasteiger partial charge in [-0.05, 0) is 12.1 Å². The second kappa shape index (κ2) is 6.77. The van der Waals surface area contributed by atoms with Crippen molar-refractivity contribution in [2.45, 2.75) is 18.7 Å². The summed E-state index contributed by atoms with van der Waals surface area (Å²) in [4.78, 5) is 17.1. The van der Waals surface area contributed by atoms with Gasteiger partial charge in [0, 0.05) is 17.0 Å². The Bertz CT molecular complexity index is 856. The lowest BCUT2D eigenvalue weighted by molar-refractivity contribution is -0.138. The molecule has 0 saturated heterocycles. The monoisotopic (exact) mass is 410 g/mol. The number of amides is 1. The summed E-state index contributed by atoms with van der Waals surface area (Å²) < 4.78 is 37.4. The molecule has 12 heteroatoms. The highest BCUT2D eigenvalue weighted by Gasteiger charge is 2.36. The molecule has 1 atom stereocenters. The maximum atomic E-state index is 12.5. The Morgan fingerprint density at radius 3 is 2.72 bits per heavy atom. The highest BCUT2D eigenvalue weighted by Crippen LogP contribution is 2.33. The van der Waals surface area contributed by atoms with Gasteiger partial charge in [0.2, 0.25) is 16.2 Å². The van der Waals surface area contributed by atoms with E-state index in [0.29, 0.717) is 21.3 Å². The van der Waals surface area contributed by atoms with Crippen molar-refractivity contribution in [1.29, 1.82) is 0 Å². The molecule has 0 spiro atoms. The van der Waals surface area contributed by atoms with Crippen LogP contribution in [-0.2, 0) is 15.8 Å². The molecule has 1 aliphatic heterocycles. The lowest BCUT2D eigenvalue weighted by atomic mass is 10.0. The highest BCUT2D eigenvalue weighted by atomic mass is 35.5. The number of benzene rings is 1. The van der Waals surface area contributed by atoms with Crippen molar-refractivity contribution in [3.63, 3.8) is 0 Å². The molecule has 1 aromatic carbocycles. The molecule has 0 radical (unpaired) electrons. The average Bonchev–Trinajstić information content (AvgIpc) is 3.15. The average molecular weight is 411 g/mol. The number of nitrogens with one attached hydrogen (secondary N) is 1. The number of alkyl halides is 3. The zero-order chi connectivity index (χ0) is 18.2. The predicted molar refractivity (Wildman–Crippen MR) is 86.0 cm³/mol. The molecule has 25 heavy (non-hydrogen) atoms. The zero-order valence-electron chi connectivity index (χ0n) is 12.0. The molecule has 132 valence electrons. The summed E-state index contributed by atoms with van der Waals surface area (Å²) in [6.07, 6.45) is -5.54. The summed E-state index contributed by atoms with van der Waals surface area (Å²) in [6, 6.07) is 4.76. The molecular formula is C13H7Cl2F3N4O2S. The van der Waals surface area contributed by atoms with Gasteiger partial charge in [0.15, 0.2) is 0 Å². The summed E-state index contributed by atoms with van der Waals surface area (Å²) in [7, 11) is 0. The molecule has 6 nitrogen and oxygen atoms in total. The van der Waals surface area contributed by atoms with Gasteiger partial charge in [-0.3, -0.25) is 10.1 Å². The van der Waals surface area contributed by atoms with Crippen LogP contribution in [0.2, 0.25) is 10.0 Å². The first-order valence-electron chi connectivity index (χ1n) is 6.63. The molecular weight excluding hydrogens is 404 g/mol. The van der Waals surface area contributed by atoms with E-state index in [0.717, 1.165) is 0 Å². The van der Waals surface area contributed by atoms with Crippen LogP contribution in [0.25, 0.3) is 0 Å². The lowest BCUT2D eigenvalue weighted by Crippen LogP contribution is -2.28. The van der Waals surface area contributed by atoms with Crippen LogP contribution in [0.4, 0.5) is 18.3 Å². The Hall–Kier alpha value is -1.91. The Balaban J connectivity index is 1.65. The van der Waals surface area contributed by atoms with Crippen LogP contribution in [0.15, 0.2) is 23.4 Å². The zero-order valence-corrected chi connectivity index (χ0v) is 14.3. The van der Waals surface area contributed by atoms with Crippen LogP contribution in [0, 0.1) is 0 Å². The number of hydrogen-bond donors (Lipinski definition) is 1. The Labute approximate surface area is 152 Å². The van der Waals surface area contributed by atoms with E-state index >= 15 is 0 Å². The molecule has 1 unspecified atom stereocenters. The molecule has 3 rings (SSSR count). The Morgan fingerprint density at radius 1 is 1.32 bits per heavy atom. The van der Waals surface area contributed by atoms with Gasteiger partial charge in [-0.2, -0.15) is 13.2 Å². The van der Waals surface area contributed by atoms with Gasteiger partial charge < -0.3 is 4.84 Å². The number of oxime groups is 1. The smallest absolute Gasteiger partial charge is 0.382 e. The van der Waals surface area contributed by atoms with E-state index in [1.54, 1.807) is 12.1 Å². The minimum atomic E-state index is -4.62. The van der Waals surface area contributed by atoms with Crippen molar-refractivity contribution >= 4 is 51.3 Å². The first kappa shape index (κ1) is 17.9. The summed E-state index contributed by atoms with van der Waals surface area (Å²) in [5, 5.41) is 11.6. The third kappa shape index (κ3) is 4.02. The van der Waals surface area contributed by atoms with Crippen LogP contribution < -0.4 is 5.32 Å². The second-order valence-electron chi connectivity index (χ2n) is 4.86. The molecule has 1 aliphatic rings. The van der Waals surface area contributed by atoms with Gasteiger partial charge in [-0.1, -0.05) is 45.8 Å². The predicted octanol–water partition coefficient (Wildman–Crippen LogP) is 4.00. The lowest BCUT2D eigenvalue weighted by Gasteiger charge is -2.07. The summed E-state index contributed by atoms with van der Waals surface area (Å²) in [5.74, 6) is -0.686. The highest BCUT2D eigenvalue weighted by molar-refractivity contribution is 7.15. The van der Waals surface area contributed by atoms with Gasteiger partial charge in [-0.25, -0.2) is 0 Å². The third-order valence-electron chi connectivity index (χ3n) is 3.10. The first-order chi connectivity index (χ1) is 11.7. The van der Waals surface area contributed by atoms with E-state index in [2.05, 4.69) is 20.7 Å². The van der Waals surface area contributed by atoms with Crippen LogP contribution in [0.3, 0.4) is 0 Å². The molecule has 0 saturated carbocycles. The second-order valence-corrected chi connectivity index (χ2v) is 6.68. The van der Waals surface area contributed by atoms with Crippen molar-refractivity contribution < 1.29 is 22.8 Å². The number of hydrogen-bond acceptors (Lipinski definition) is 6. The number of rotatable bonds is 3. The quantitative estimate of drug-likeness (QED) is 0.829. The van der Waals surface area contributed by atoms with Gasteiger partial charge >= 0.3 is 6.18 Å². The van der Waals surface area contributed by atoms with E-state index < -0.39 is 23.2 Å². The van der Waals surface area contributed by atoms with Crippen molar-refractivity contribution in [2.75, 3.05) is 5.32 Å². The number of carbonyl (C=O) groups excluding carboxylic acids is 1. The Kier molecular flexibility index (Phi) is 4.85. The van der Waals surface area contributed by atoms with E-state index in [-0.39, 0.29) is 22.9 Å². The van der Waals surface area contributed by atoms with Crippen molar-refractivity contribution in [2.24, 2.45) is 5.16 Å². The molecule has 1 N–H and O–H groups in total. The van der Waals surface area contributed by atoms with Gasteiger partial charge in [0.25, 0.3) is 5.91 Å². The van der Waals surface area contributed by atoms with Crippen LogP contribution in [0.5, 0.6) is 0 Å². The maximum Gasteiger partial charge on any atom is 0.445 e. The van der Waals surface area contributed by atoms with Crippen molar-refractivity contribution in [3.8, 4) is 0 Å². The number of anilines is 1. The maximum absolute atomic E-state index is 12.5. The number of halogens is 5. The summed E-state index contributed by atoms with van der Waals surface area (Å²) in [5.41, 5.74) is 0.978. The fourth-order valence-electron chi connectivity index (χ4n) is 1.97. The topological polar surface area (TPSA) is 76.5 Å². The molecule has 1 aromatic heterocycles. The van der Waals surface area contributed by atoms with Gasteiger partial charge in [-0.15, -0.1) is 10.2 Å². The molecule has 2 aromatic rings. The largest absolute Gasteiger partial charge is 0.445 e. The standard InChI is InChI=1S/C13H7Cl2F3N4O2S/c14-5-1-2-6(7(15)3-5)8-4-9(24-22-8)10(23)19-12-21-20-11(25-12)13(16,17)18/h1-3,9H,4H2,(H,19,21,23). The molecule has 1 amide bonds. The summed E-state index contributed by atoms with van der Waals surface area (Å²) >= 11 is 12.1. The van der Waals surface area contributed by atoms with E-state index in [1.807, 2.05) is 0 Å². The van der Waals surface area contributed by atoms with Crippen LogP contribution in [0.1, 0.15) is 17.0 Å². The van der Waals surface area contributed by atoms with Crippen LogP contribution in [-0.4, -0.2) is 27.9 Å². The molecule has 0 aliphatic carbocycles. The van der Waals surface area contributed by atoms with Crippen molar-refractivity contribution in [1.82, 2.24) is 10.2 Å². The minimum absolute atomic E-state index is 0.0954.